The van der Waals surface area contributed by atoms with Crippen molar-refractivity contribution in [2.24, 2.45) is 0 Å². The van der Waals surface area contributed by atoms with Crippen molar-refractivity contribution in [3.8, 4) is 11.3 Å². The van der Waals surface area contributed by atoms with E-state index >= 15 is 0 Å². The van der Waals surface area contributed by atoms with Gasteiger partial charge in [-0.25, -0.2) is 9.37 Å². The molecule has 0 aliphatic carbocycles. The van der Waals surface area contributed by atoms with Crippen LogP contribution in [-0.4, -0.2) is 18.1 Å². The predicted octanol–water partition coefficient (Wildman–Crippen LogP) is 3.29. The first-order valence-corrected chi connectivity index (χ1v) is 6.61. The van der Waals surface area contributed by atoms with Gasteiger partial charge >= 0.3 is 0 Å². The molecule has 1 saturated heterocycles. The number of rotatable bonds is 2. The third-order valence-corrected chi connectivity index (χ3v) is 4.16. The van der Waals surface area contributed by atoms with Crippen LogP contribution in [-0.2, 0) is 0 Å². The third kappa shape index (κ3) is 2.08. The van der Waals surface area contributed by atoms with Gasteiger partial charge in [-0.3, -0.25) is 0 Å². The Morgan fingerprint density at radius 2 is 2.24 bits per heavy atom. The molecule has 1 fully saturated rings. The normalized spacial score (nSPS) is 15.9. The van der Waals surface area contributed by atoms with Gasteiger partial charge in [-0.15, -0.1) is 11.3 Å². The van der Waals surface area contributed by atoms with Crippen molar-refractivity contribution in [2.45, 2.75) is 5.92 Å². The van der Waals surface area contributed by atoms with E-state index in [4.69, 9.17) is 11.6 Å². The molecule has 2 nitrogen and oxygen atoms in total. The fourth-order valence-electron chi connectivity index (χ4n) is 1.73. The van der Waals surface area contributed by atoms with E-state index in [-0.39, 0.29) is 5.02 Å². The Hall–Kier alpha value is -0.970. The van der Waals surface area contributed by atoms with E-state index in [0.717, 1.165) is 29.4 Å². The van der Waals surface area contributed by atoms with Crippen LogP contribution < -0.4 is 5.32 Å². The standard InChI is InChI=1S/C12H10ClFN2S/c13-9-3-7(1-2-10(9)14)11-6-17-12(16-11)8-4-15-5-8/h1-3,6,8,15H,4-5H2. The zero-order valence-corrected chi connectivity index (χ0v) is 10.5. The molecule has 3 rings (SSSR count). The van der Waals surface area contributed by atoms with Crippen LogP contribution in [0.25, 0.3) is 11.3 Å². The van der Waals surface area contributed by atoms with Crippen molar-refractivity contribution in [1.29, 1.82) is 0 Å². The minimum Gasteiger partial charge on any atom is -0.315 e. The van der Waals surface area contributed by atoms with Crippen LogP contribution in [0.3, 0.4) is 0 Å². The van der Waals surface area contributed by atoms with Gasteiger partial charge in [-0.1, -0.05) is 11.6 Å². The number of hydrogen-bond donors (Lipinski definition) is 1. The molecule has 0 radical (unpaired) electrons. The Balaban J connectivity index is 1.92. The largest absolute Gasteiger partial charge is 0.315 e. The molecule has 2 aromatic rings. The van der Waals surface area contributed by atoms with Gasteiger partial charge in [0.15, 0.2) is 0 Å². The summed E-state index contributed by atoms with van der Waals surface area (Å²) in [6.45, 7) is 1.99. The van der Waals surface area contributed by atoms with Crippen LogP contribution in [0.4, 0.5) is 4.39 Å². The molecule has 17 heavy (non-hydrogen) atoms. The van der Waals surface area contributed by atoms with Crippen molar-refractivity contribution >= 4 is 22.9 Å². The highest BCUT2D eigenvalue weighted by Gasteiger charge is 2.22. The molecule has 1 aromatic heterocycles. The number of nitrogens with one attached hydrogen (secondary N) is 1. The molecule has 1 N–H and O–H groups in total. The maximum absolute atomic E-state index is 13.1. The van der Waals surface area contributed by atoms with E-state index < -0.39 is 5.82 Å². The first-order chi connectivity index (χ1) is 8.24. The SMILES string of the molecule is Fc1ccc(-c2csc(C3CNC3)n2)cc1Cl. The molecule has 0 spiro atoms. The van der Waals surface area contributed by atoms with E-state index in [1.807, 2.05) is 5.38 Å². The van der Waals surface area contributed by atoms with Crippen molar-refractivity contribution in [3.05, 3.63) is 39.4 Å². The van der Waals surface area contributed by atoms with E-state index in [9.17, 15) is 4.39 Å². The lowest BCUT2D eigenvalue weighted by Gasteiger charge is -2.24. The van der Waals surface area contributed by atoms with Crippen molar-refractivity contribution in [2.75, 3.05) is 13.1 Å². The topological polar surface area (TPSA) is 24.9 Å². The third-order valence-electron chi connectivity index (χ3n) is 2.87. The zero-order chi connectivity index (χ0) is 11.8. The molecule has 2 heterocycles. The number of aromatic nitrogens is 1. The maximum Gasteiger partial charge on any atom is 0.141 e. The van der Waals surface area contributed by atoms with Gasteiger partial charge in [0.1, 0.15) is 5.82 Å². The maximum atomic E-state index is 13.1. The number of nitrogens with zero attached hydrogens (tertiary/aromatic N) is 1. The molecular formula is C12H10ClFN2S. The lowest BCUT2D eigenvalue weighted by molar-refractivity contribution is 0.447. The predicted molar refractivity (Wildman–Crippen MR) is 68.1 cm³/mol. The van der Waals surface area contributed by atoms with Crippen molar-refractivity contribution in [1.82, 2.24) is 10.3 Å². The number of benzene rings is 1. The summed E-state index contributed by atoms with van der Waals surface area (Å²) in [7, 11) is 0. The first-order valence-electron chi connectivity index (χ1n) is 5.35. The summed E-state index contributed by atoms with van der Waals surface area (Å²) in [4.78, 5) is 4.57. The van der Waals surface area contributed by atoms with E-state index in [1.165, 1.54) is 6.07 Å². The summed E-state index contributed by atoms with van der Waals surface area (Å²) in [6.07, 6.45) is 0. The highest BCUT2D eigenvalue weighted by Crippen LogP contribution is 2.30. The summed E-state index contributed by atoms with van der Waals surface area (Å²) in [5.41, 5.74) is 1.74. The summed E-state index contributed by atoms with van der Waals surface area (Å²) < 4.78 is 13.1. The minimum atomic E-state index is -0.394. The molecule has 1 aromatic carbocycles. The van der Waals surface area contributed by atoms with E-state index in [1.54, 1.807) is 23.5 Å². The van der Waals surface area contributed by atoms with Crippen LogP contribution in [0.5, 0.6) is 0 Å². The molecule has 88 valence electrons. The average molecular weight is 269 g/mol. The highest BCUT2D eigenvalue weighted by atomic mass is 35.5. The zero-order valence-electron chi connectivity index (χ0n) is 8.91. The Bertz CT molecular complexity index is 551. The van der Waals surface area contributed by atoms with Gasteiger partial charge < -0.3 is 5.32 Å². The molecule has 0 amide bonds. The van der Waals surface area contributed by atoms with Crippen LogP contribution in [0.15, 0.2) is 23.6 Å². The molecule has 5 heteroatoms. The molecular weight excluding hydrogens is 259 g/mol. The van der Waals surface area contributed by atoms with Gasteiger partial charge in [0.05, 0.1) is 15.7 Å². The molecule has 0 unspecified atom stereocenters. The average Bonchev–Trinajstić information content (AvgIpc) is 2.69. The van der Waals surface area contributed by atoms with E-state index in [2.05, 4.69) is 10.3 Å². The van der Waals surface area contributed by atoms with Gasteiger partial charge in [0, 0.05) is 30.0 Å². The molecule has 1 aliphatic rings. The first kappa shape index (κ1) is 11.1. The number of hydrogen-bond acceptors (Lipinski definition) is 3. The van der Waals surface area contributed by atoms with E-state index in [0.29, 0.717) is 5.92 Å². The van der Waals surface area contributed by atoms with Gasteiger partial charge in [0.25, 0.3) is 0 Å². The number of thiazole rings is 1. The molecule has 1 aliphatic heterocycles. The fourth-order valence-corrected chi connectivity index (χ4v) is 2.84. The second kappa shape index (κ2) is 4.37. The summed E-state index contributed by atoms with van der Waals surface area (Å²) in [5, 5.41) is 6.50. The number of halogens is 2. The van der Waals surface area contributed by atoms with Crippen LogP contribution in [0.1, 0.15) is 10.9 Å². The van der Waals surface area contributed by atoms with Crippen LogP contribution in [0.2, 0.25) is 5.02 Å². The van der Waals surface area contributed by atoms with Gasteiger partial charge in [0.2, 0.25) is 0 Å². The van der Waals surface area contributed by atoms with Crippen LogP contribution >= 0.6 is 22.9 Å². The van der Waals surface area contributed by atoms with Crippen molar-refractivity contribution in [3.63, 3.8) is 0 Å². The second-order valence-corrected chi connectivity index (χ2v) is 5.35. The fraction of sp³-hybridized carbons (Fsp3) is 0.250. The molecule has 0 atom stereocenters. The second-order valence-electron chi connectivity index (χ2n) is 4.06. The molecule has 0 bridgehead atoms. The summed E-state index contributed by atoms with van der Waals surface area (Å²) in [5.74, 6) is 0.138. The Labute approximate surface area is 107 Å². The Morgan fingerprint density at radius 3 is 2.88 bits per heavy atom. The Kier molecular flexibility index (Phi) is 2.86. The Morgan fingerprint density at radius 1 is 1.41 bits per heavy atom. The van der Waals surface area contributed by atoms with Gasteiger partial charge in [-0.2, -0.15) is 0 Å². The lowest BCUT2D eigenvalue weighted by Crippen LogP contribution is -2.39. The summed E-state index contributed by atoms with van der Waals surface area (Å²) >= 11 is 7.41. The summed E-state index contributed by atoms with van der Waals surface area (Å²) in [6, 6.07) is 4.70. The quantitative estimate of drug-likeness (QED) is 0.904. The van der Waals surface area contributed by atoms with Crippen LogP contribution in [0, 0.1) is 5.82 Å². The van der Waals surface area contributed by atoms with Gasteiger partial charge in [-0.05, 0) is 18.2 Å². The monoisotopic (exact) mass is 268 g/mol. The molecule has 0 saturated carbocycles. The van der Waals surface area contributed by atoms with Crippen molar-refractivity contribution < 1.29 is 4.39 Å². The minimum absolute atomic E-state index is 0.141. The smallest absolute Gasteiger partial charge is 0.141 e. The lowest BCUT2D eigenvalue weighted by atomic mass is 10.1. The highest BCUT2D eigenvalue weighted by molar-refractivity contribution is 7.10.